The molecular formula is C9H18N2O2. The van der Waals surface area contributed by atoms with E-state index in [-0.39, 0.29) is 5.92 Å². The van der Waals surface area contributed by atoms with Crippen LogP contribution in [0.2, 0.25) is 0 Å². The summed E-state index contributed by atoms with van der Waals surface area (Å²) in [5, 5.41) is 12.1. The summed E-state index contributed by atoms with van der Waals surface area (Å²) in [7, 11) is 0. The van der Waals surface area contributed by atoms with E-state index in [0.29, 0.717) is 12.5 Å². The van der Waals surface area contributed by atoms with Gasteiger partial charge in [0, 0.05) is 13.1 Å². The number of nitrogens with two attached hydrogens (primary N) is 1. The predicted octanol–water partition coefficient (Wildman–Crippen LogP) is 0.0356. The van der Waals surface area contributed by atoms with Gasteiger partial charge in [-0.2, -0.15) is 0 Å². The van der Waals surface area contributed by atoms with Crippen molar-refractivity contribution in [3.63, 3.8) is 0 Å². The highest BCUT2D eigenvalue weighted by atomic mass is 16.4. The number of carbonyl (C=O) groups is 1. The second-order valence-electron chi connectivity index (χ2n) is 3.63. The summed E-state index contributed by atoms with van der Waals surface area (Å²) < 4.78 is 0. The Morgan fingerprint density at radius 1 is 1.54 bits per heavy atom. The van der Waals surface area contributed by atoms with Gasteiger partial charge in [-0.15, -0.1) is 0 Å². The lowest BCUT2D eigenvalue weighted by Gasteiger charge is -2.15. The summed E-state index contributed by atoms with van der Waals surface area (Å²) >= 11 is 0. The molecule has 0 spiro atoms. The van der Waals surface area contributed by atoms with Crippen LogP contribution in [-0.4, -0.2) is 30.7 Å². The highest BCUT2D eigenvalue weighted by Gasteiger charge is 2.32. The Morgan fingerprint density at radius 3 is 2.92 bits per heavy atom. The van der Waals surface area contributed by atoms with Gasteiger partial charge in [0.1, 0.15) is 0 Å². The average Bonchev–Trinajstić information content (AvgIpc) is 2.53. The molecule has 0 amide bonds. The largest absolute Gasteiger partial charge is 0.481 e. The van der Waals surface area contributed by atoms with Crippen LogP contribution in [0, 0.1) is 11.8 Å². The number of hydrogen-bond acceptors (Lipinski definition) is 3. The van der Waals surface area contributed by atoms with Crippen molar-refractivity contribution in [1.29, 1.82) is 0 Å². The maximum absolute atomic E-state index is 10.8. The average molecular weight is 186 g/mol. The van der Waals surface area contributed by atoms with Crippen molar-refractivity contribution in [1.82, 2.24) is 5.32 Å². The monoisotopic (exact) mass is 186 g/mol. The van der Waals surface area contributed by atoms with Gasteiger partial charge in [-0.05, 0) is 25.3 Å². The number of aliphatic carboxylic acids is 1. The van der Waals surface area contributed by atoms with Crippen LogP contribution in [0.3, 0.4) is 0 Å². The van der Waals surface area contributed by atoms with Crippen LogP contribution < -0.4 is 11.1 Å². The first kappa shape index (κ1) is 10.5. The molecular weight excluding hydrogens is 168 g/mol. The van der Waals surface area contributed by atoms with E-state index < -0.39 is 5.97 Å². The highest BCUT2D eigenvalue weighted by molar-refractivity contribution is 5.70. The third-order valence-corrected chi connectivity index (χ3v) is 2.70. The fourth-order valence-electron chi connectivity index (χ4n) is 2.00. The summed E-state index contributed by atoms with van der Waals surface area (Å²) in [6.07, 6.45) is 2.92. The highest BCUT2D eigenvalue weighted by Crippen LogP contribution is 2.31. The zero-order valence-electron chi connectivity index (χ0n) is 7.83. The Kier molecular flexibility index (Phi) is 4.18. The molecule has 0 aromatic heterocycles. The maximum Gasteiger partial charge on any atom is 0.306 e. The van der Waals surface area contributed by atoms with Gasteiger partial charge in [-0.1, -0.05) is 6.42 Å². The number of carboxylic acid groups (broad SMARTS) is 1. The number of nitrogens with one attached hydrogen (secondary N) is 1. The first-order valence-electron chi connectivity index (χ1n) is 4.89. The lowest BCUT2D eigenvalue weighted by Crippen LogP contribution is -2.31. The number of carboxylic acids is 1. The van der Waals surface area contributed by atoms with Crippen LogP contribution in [0.15, 0.2) is 0 Å². The van der Waals surface area contributed by atoms with Crippen molar-refractivity contribution in [2.24, 2.45) is 17.6 Å². The van der Waals surface area contributed by atoms with Crippen LogP contribution >= 0.6 is 0 Å². The summed E-state index contributed by atoms with van der Waals surface area (Å²) in [6.45, 7) is 2.20. The van der Waals surface area contributed by atoms with Crippen LogP contribution in [0.25, 0.3) is 0 Å². The second kappa shape index (κ2) is 5.19. The summed E-state index contributed by atoms with van der Waals surface area (Å²) in [6, 6.07) is 0. The van der Waals surface area contributed by atoms with Crippen molar-refractivity contribution in [3.05, 3.63) is 0 Å². The third-order valence-electron chi connectivity index (χ3n) is 2.70. The van der Waals surface area contributed by atoms with Crippen LogP contribution in [0.1, 0.15) is 19.3 Å². The Morgan fingerprint density at radius 2 is 2.31 bits per heavy atom. The van der Waals surface area contributed by atoms with E-state index in [1.807, 2.05) is 0 Å². The van der Waals surface area contributed by atoms with E-state index in [1.165, 1.54) is 0 Å². The summed E-state index contributed by atoms with van der Waals surface area (Å²) in [5.41, 5.74) is 5.33. The molecule has 0 bridgehead atoms. The molecule has 2 unspecified atom stereocenters. The lowest BCUT2D eigenvalue weighted by atomic mass is 9.96. The minimum atomic E-state index is -0.642. The molecule has 4 nitrogen and oxygen atoms in total. The smallest absolute Gasteiger partial charge is 0.306 e. The molecule has 1 fully saturated rings. The summed E-state index contributed by atoms with van der Waals surface area (Å²) in [4.78, 5) is 10.8. The Labute approximate surface area is 78.5 Å². The molecule has 1 aliphatic carbocycles. The van der Waals surface area contributed by atoms with Gasteiger partial charge in [0.2, 0.25) is 0 Å². The third kappa shape index (κ3) is 2.97. The standard InChI is InChI=1S/C9H18N2O2/c10-4-5-11-6-7-2-1-3-8(7)9(12)13/h7-8,11H,1-6,10H2,(H,12,13). The molecule has 76 valence electrons. The molecule has 1 rings (SSSR count). The lowest BCUT2D eigenvalue weighted by molar-refractivity contribution is -0.142. The van der Waals surface area contributed by atoms with Gasteiger partial charge >= 0.3 is 5.97 Å². The molecule has 4 N–H and O–H groups in total. The zero-order chi connectivity index (χ0) is 9.68. The van der Waals surface area contributed by atoms with Crippen LogP contribution in [0.4, 0.5) is 0 Å². The Hall–Kier alpha value is -0.610. The Bertz CT molecular complexity index is 173. The second-order valence-corrected chi connectivity index (χ2v) is 3.63. The van der Waals surface area contributed by atoms with Gasteiger partial charge < -0.3 is 16.2 Å². The number of rotatable bonds is 5. The van der Waals surface area contributed by atoms with E-state index in [2.05, 4.69) is 5.32 Å². The quantitative estimate of drug-likeness (QED) is 0.530. The molecule has 0 aromatic rings. The molecule has 0 saturated heterocycles. The first-order valence-corrected chi connectivity index (χ1v) is 4.89. The number of hydrogen-bond donors (Lipinski definition) is 3. The van der Waals surface area contributed by atoms with Crippen molar-refractivity contribution in [2.75, 3.05) is 19.6 Å². The van der Waals surface area contributed by atoms with Gasteiger partial charge in [0.15, 0.2) is 0 Å². The van der Waals surface area contributed by atoms with E-state index >= 15 is 0 Å². The maximum atomic E-state index is 10.8. The topological polar surface area (TPSA) is 75.3 Å². The first-order chi connectivity index (χ1) is 6.25. The van der Waals surface area contributed by atoms with E-state index in [4.69, 9.17) is 10.8 Å². The van der Waals surface area contributed by atoms with Gasteiger partial charge in [0.25, 0.3) is 0 Å². The predicted molar refractivity (Wildman–Crippen MR) is 50.4 cm³/mol. The van der Waals surface area contributed by atoms with Crippen LogP contribution in [0.5, 0.6) is 0 Å². The Balaban J connectivity index is 2.27. The molecule has 4 heteroatoms. The minimum Gasteiger partial charge on any atom is -0.481 e. The fraction of sp³-hybridized carbons (Fsp3) is 0.889. The van der Waals surface area contributed by atoms with Gasteiger partial charge in [-0.3, -0.25) is 4.79 Å². The van der Waals surface area contributed by atoms with Crippen LogP contribution in [-0.2, 0) is 4.79 Å². The van der Waals surface area contributed by atoms with E-state index in [9.17, 15) is 4.79 Å². The molecule has 1 saturated carbocycles. The van der Waals surface area contributed by atoms with Crippen molar-refractivity contribution in [3.8, 4) is 0 Å². The SMILES string of the molecule is NCCNCC1CCCC1C(=O)O. The molecule has 0 radical (unpaired) electrons. The van der Waals surface area contributed by atoms with Gasteiger partial charge in [-0.25, -0.2) is 0 Å². The molecule has 0 heterocycles. The van der Waals surface area contributed by atoms with E-state index in [1.54, 1.807) is 0 Å². The van der Waals surface area contributed by atoms with Crippen molar-refractivity contribution >= 4 is 5.97 Å². The fourth-order valence-corrected chi connectivity index (χ4v) is 2.00. The van der Waals surface area contributed by atoms with E-state index in [0.717, 1.165) is 32.4 Å². The van der Waals surface area contributed by atoms with Crippen molar-refractivity contribution < 1.29 is 9.90 Å². The van der Waals surface area contributed by atoms with Gasteiger partial charge in [0.05, 0.1) is 5.92 Å². The molecule has 2 atom stereocenters. The molecule has 0 aromatic carbocycles. The molecule has 13 heavy (non-hydrogen) atoms. The molecule has 0 aliphatic heterocycles. The molecule has 1 aliphatic rings. The minimum absolute atomic E-state index is 0.134. The normalized spacial score (nSPS) is 27.8. The zero-order valence-corrected chi connectivity index (χ0v) is 7.83. The summed E-state index contributed by atoms with van der Waals surface area (Å²) in [5.74, 6) is -0.466. The van der Waals surface area contributed by atoms with Crippen molar-refractivity contribution in [2.45, 2.75) is 19.3 Å².